The molecule has 0 fully saturated rings. The van der Waals surface area contributed by atoms with Gasteiger partial charge in [-0.3, -0.25) is 4.79 Å². The van der Waals surface area contributed by atoms with E-state index in [0.29, 0.717) is 18.0 Å². The van der Waals surface area contributed by atoms with Crippen LogP contribution >= 0.6 is 0 Å². The van der Waals surface area contributed by atoms with Gasteiger partial charge in [-0.25, -0.2) is 9.97 Å². The summed E-state index contributed by atoms with van der Waals surface area (Å²) >= 11 is 0. The second-order valence-corrected chi connectivity index (χ2v) is 8.80. The Balaban J connectivity index is 1.69. The van der Waals surface area contributed by atoms with Crippen LogP contribution in [0.2, 0.25) is 0 Å². The SMILES string of the molecule is CCCCCCCCCc1ccc(-c2ncc(OC(=O)CCCCCCCC)cn2)cc1. The van der Waals surface area contributed by atoms with Gasteiger partial charge in [0.25, 0.3) is 0 Å². The molecule has 0 saturated heterocycles. The van der Waals surface area contributed by atoms with Crippen molar-refractivity contribution in [2.45, 2.75) is 110 Å². The van der Waals surface area contributed by atoms with Crippen LogP contribution in [0.3, 0.4) is 0 Å². The Hall–Kier alpha value is -2.23. The maximum atomic E-state index is 12.0. The van der Waals surface area contributed by atoms with Gasteiger partial charge in [0.15, 0.2) is 11.6 Å². The zero-order chi connectivity index (χ0) is 22.9. The van der Waals surface area contributed by atoms with Crippen molar-refractivity contribution in [2.24, 2.45) is 0 Å². The maximum absolute atomic E-state index is 12.0. The minimum absolute atomic E-state index is 0.202. The first-order valence-electron chi connectivity index (χ1n) is 12.8. The molecule has 32 heavy (non-hydrogen) atoms. The smallest absolute Gasteiger partial charge is 0.311 e. The van der Waals surface area contributed by atoms with Gasteiger partial charge in [0.05, 0.1) is 12.4 Å². The molecule has 0 aliphatic rings. The molecule has 1 aromatic heterocycles. The van der Waals surface area contributed by atoms with E-state index in [0.717, 1.165) is 24.8 Å². The van der Waals surface area contributed by atoms with Crippen LogP contribution in [0.25, 0.3) is 11.4 Å². The summed E-state index contributed by atoms with van der Waals surface area (Å²) in [7, 11) is 0. The Labute approximate surface area is 195 Å². The molecule has 0 aliphatic carbocycles. The van der Waals surface area contributed by atoms with Gasteiger partial charge in [-0.05, 0) is 24.8 Å². The molecule has 0 amide bonds. The van der Waals surface area contributed by atoms with E-state index in [1.54, 1.807) is 12.4 Å². The monoisotopic (exact) mass is 438 g/mol. The van der Waals surface area contributed by atoms with Crippen molar-refractivity contribution in [2.75, 3.05) is 0 Å². The predicted molar refractivity (Wildman–Crippen MR) is 133 cm³/mol. The van der Waals surface area contributed by atoms with Crippen LogP contribution < -0.4 is 4.74 Å². The lowest BCUT2D eigenvalue weighted by Crippen LogP contribution is -2.08. The minimum Gasteiger partial charge on any atom is -0.423 e. The number of esters is 1. The normalized spacial score (nSPS) is 10.9. The molecule has 2 rings (SSSR count). The van der Waals surface area contributed by atoms with E-state index in [1.807, 2.05) is 0 Å². The zero-order valence-electron chi connectivity index (χ0n) is 20.3. The van der Waals surface area contributed by atoms with E-state index in [9.17, 15) is 4.79 Å². The van der Waals surface area contributed by atoms with E-state index in [2.05, 4.69) is 48.1 Å². The Bertz CT molecular complexity index is 741. The van der Waals surface area contributed by atoms with Crippen LogP contribution in [0.4, 0.5) is 0 Å². The molecular formula is C28H42N2O2. The molecule has 0 spiro atoms. The van der Waals surface area contributed by atoms with Gasteiger partial charge < -0.3 is 4.74 Å². The third-order valence-electron chi connectivity index (χ3n) is 5.88. The van der Waals surface area contributed by atoms with Gasteiger partial charge in [-0.2, -0.15) is 0 Å². The number of unbranched alkanes of at least 4 members (excludes halogenated alkanes) is 11. The van der Waals surface area contributed by atoms with Crippen molar-refractivity contribution in [1.29, 1.82) is 0 Å². The summed E-state index contributed by atoms with van der Waals surface area (Å²) in [5, 5.41) is 0. The van der Waals surface area contributed by atoms with Crippen LogP contribution in [-0.2, 0) is 11.2 Å². The van der Waals surface area contributed by atoms with Gasteiger partial charge >= 0.3 is 5.97 Å². The van der Waals surface area contributed by atoms with Gasteiger partial charge in [0.2, 0.25) is 0 Å². The predicted octanol–water partition coefficient (Wildman–Crippen LogP) is 8.09. The van der Waals surface area contributed by atoms with Gasteiger partial charge in [0.1, 0.15) is 0 Å². The average molecular weight is 439 g/mol. The first-order valence-corrected chi connectivity index (χ1v) is 12.8. The Morgan fingerprint density at radius 1 is 0.719 bits per heavy atom. The van der Waals surface area contributed by atoms with Crippen molar-refractivity contribution < 1.29 is 9.53 Å². The van der Waals surface area contributed by atoms with E-state index in [-0.39, 0.29) is 5.97 Å². The number of aromatic nitrogens is 2. The molecule has 0 radical (unpaired) electrons. The van der Waals surface area contributed by atoms with Crippen LogP contribution in [0, 0.1) is 0 Å². The number of hydrogen-bond donors (Lipinski definition) is 0. The van der Waals surface area contributed by atoms with Crippen LogP contribution in [0.5, 0.6) is 5.75 Å². The fraction of sp³-hybridized carbons (Fsp3) is 0.607. The molecule has 2 aromatic rings. The first kappa shape index (κ1) is 26.0. The highest BCUT2D eigenvalue weighted by atomic mass is 16.5. The second-order valence-electron chi connectivity index (χ2n) is 8.80. The van der Waals surface area contributed by atoms with Crippen LogP contribution in [0.15, 0.2) is 36.7 Å². The van der Waals surface area contributed by atoms with E-state index < -0.39 is 0 Å². The molecule has 0 atom stereocenters. The molecular weight excluding hydrogens is 396 g/mol. The molecule has 176 valence electrons. The number of hydrogen-bond acceptors (Lipinski definition) is 4. The fourth-order valence-corrected chi connectivity index (χ4v) is 3.86. The van der Waals surface area contributed by atoms with Crippen molar-refractivity contribution in [3.63, 3.8) is 0 Å². The molecule has 4 nitrogen and oxygen atoms in total. The van der Waals surface area contributed by atoms with Crippen LogP contribution in [0.1, 0.15) is 109 Å². The standard InChI is InChI=1S/C28H42N2O2/c1-3-5-7-9-11-12-14-16-24-18-20-25(21-19-24)28-29-22-26(23-30-28)32-27(31)17-15-13-10-8-6-4-2/h18-23H,3-17H2,1-2H3. The number of aryl methyl sites for hydroxylation is 1. The Morgan fingerprint density at radius 3 is 1.84 bits per heavy atom. The van der Waals surface area contributed by atoms with Gasteiger partial charge in [0, 0.05) is 12.0 Å². The van der Waals surface area contributed by atoms with E-state index in [1.165, 1.54) is 76.2 Å². The number of carbonyl (C=O) groups excluding carboxylic acids is 1. The highest BCUT2D eigenvalue weighted by Crippen LogP contribution is 2.19. The molecule has 0 bridgehead atoms. The molecule has 0 N–H and O–H groups in total. The molecule has 4 heteroatoms. The second kappa shape index (κ2) is 16.4. The summed E-state index contributed by atoms with van der Waals surface area (Å²) in [5.41, 5.74) is 2.35. The molecule has 0 saturated carbocycles. The third-order valence-corrected chi connectivity index (χ3v) is 5.88. The fourth-order valence-electron chi connectivity index (χ4n) is 3.86. The van der Waals surface area contributed by atoms with E-state index >= 15 is 0 Å². The summed E-state index contributed by atoms with van der Waals surface area (Å²) in [5.74, 6) is 0.870. The topological polar surface area (TPSA) is 52.1 Å². The van der Waals surface area contributed by atoms with Gasteiger partial charge in [-0.1, -0.05) is 109 Å². The molecule has 1 aromatic carbocycles. The van der Waals surface area contributed by atoms with E-state index in [4.69, 9.17) is 4.74 Å². The lowest BCUT2D eigenvalue weighted by atomic mass is 10.0. The van der Waals surface area contributed by atoms with Crippen molar-refractivity contribution >= 4 is 5.97 Å². The molecule has 0 aliphatic heterocycles. The van der Waals surface area contributed by atoms with Crippen molar-refractivity contribution in [3.8, 4) is 17.1 Å². The van der Waals surface area contributed by atoms with Crippen molar-refractivity contribution in [1.82, 2.24) is 9.97 Å². The summed E-state index contributed by atoms with van der Waals surface area (Å²) < 4.78 is 5.37. The lowest BCUT2D eigenvalue weighted by Gasteiger charge is -2.06. The largest absolute Gasteiger partial charge is 0.423 e. The number of ether oxygens (including phenoxy) is 1. The quantitative estimate of drug-likeness (QED) is 0.185. The number of carbonyl (C=O) groups is 1. The average Bonchev–Trinajstić information content (AvgIpc) is 2.82. The summed E-state index contributed by atoms with van der Waals surface area (Å²) in [6, 6.07) is 8.50. The molecule has 0 unspecified atom stereocenters. The number of benzene rings is 1. The third kappa shape index (κ3) is 10.9. The Morgan fingerprint density at radius 2 is 1.25 bits per heavy atom. The van der Waals surface area contributed by atoms with Crippen LogP contribution in [-0.4, -0.2) is 15.9 Å². The van der Waals surface area contributed by atoms with Gasteiger partial charge in [-0.15, -0.1) is 0 Å². The highest BCUT2D eigenvalue weighted by Gasteiger charge is 2.07. The zero-order valence-corrected chi connectivity index (χ0v) is 20.3. The van der Waals surface area contributed by atoms with Crippen molar-refractivity contribution in [3.05, 3.63) is 42.2 Å². The highest BCUT2D eigenvalue weighted by molar-refractivity contribution is 5.72. The summed E-state index contributed by atoms with van der Waals surface area (Å²) in [6.07, 6.45) is 21.0. The maximum Gasteiger partial charge on any atom is 0.311 e. The Kier molecular flexibility index (Phi) is 13.3. The minimum atomic E-state index is -0.202. The molecule has 1 heterocycles. The first-order chi connectivity index (χ1) is 15.7. The summed E-state index contributed by atoms with van der Waals surface area (Å²) in [6.45, 7) is 4.47. The number of nitrogens with zero attached hydrogens (tertiary/aromatic N) is 2. The number of rotatable bonds is 17. The lowest BCUT2D eigenvalue weighted by molar-refractivity contribution is -0.134. The summed E-state index contributed by atoms with van der Waals surface area (Å²) in [4.78, 5) is 20.8.